The van der Waals surface area contributed by atoms with Crippen molar-refractivity contribution in [3.8, 4) is 0 Å². The lowest BCUT2D eigenvalue weighted by Crippen LogP contribution is -2.32. The minimum absolute atomic E-state index is 0.102. The lowest BCUT2D eigenvalue weighted by atomic mass is 9.70. The highest BCUT2D eigenvalue weighted by Gasteiger charge is 2.42. The van der Waals surface area contributed by atoms with Gasteiger partial charge in [-0.2, -0.15) is 0 Å². The van der Waals surface area contributed by atoms with Crippen molar-refractivity contribution in [1.29, 1.82) is 0 Å². The molecule has 0 aromatic heterocycles. The van der Waals surface area contributed by atoms with Crippen LogP contribution < -0.4 is 0 Å². The normalized spacial score (nSPS) is 33.3. The van der Waals surface area contributed by atoms with Gasteiger partial charge in [0.25, 0.3) is 0 Å². The van der Waals surface area contributed by atoms with Crippen LogP contribution in [-0.4, -0.2) is 11.9 Å². The van der Waals surface area contributed by atoms with Crippen molar-refractivity contribution in [3.05, 3.63) is 65.9 Å². The maximum atomic E-state index is 4.76. The van der Waals surface area contributed by atoms with Crippen LogP contribution in [0.1, 0.15) is 12.0 Å². The topological polar surface area (TPSA) is 24.7 Å². The van der Waals surface area contributed by atoms with Crippen molar-refractivity contribution in [1.82, 2.24) is 0 Å². The molecule has 0 amide bonds. The summed E-state index contributed by atoms with van der Waals surface area (Å²) < 4.78 is 0. The smallest absolute Gasteiger partial charge is 0.0678 e. The number of hydrogen-bond acceptors (Lipinski definition) is 2. The van der Waals surface area contributed by atoms with E-state index in [0.29, 0.717) is 0 Å². The van der Waals surface area contributed by atoms with Gasteiger partial charge in [-0.15, -0.1) is 0 Å². The maximum absolute atomic E-state index is 4.76. The van der Waals surface area contributed by atoms with E-state index in [0.717, 1.165) is 17.8 Å². The van der Waals surface area contributed by atoms with Gasteiger partial charge in [0.1, 0.15) is 0 Å². The maximum Gasteiger partial charge on any atom is 0.0678 e. The molecule has 2 heteroatoms. The fourth-order valence-corrected chi connectivity index (χ4v) is 2.96. The molecule has 0 fully saturated rings. The Morgan fingerprint density at radius 1 is 1.11 bits per heavy atom. The van der Waals surface area contributed by atoms with Gasteiger partial charge in [0.15, 0.2) is 0 Å². The molecule has 1 atom stereocenters. The van der Waals surface area contributed by atoms with Crippen LogP contribution in [0.4, 0.5) is 5.69 Å². The monoisotopic (exact) mass is 232 g/mol. The van der Waals surface area contributed by atoms with E-state index in [1.807, 2.05) is 18.5 Å². The third kappa shape index (κ3) is 1.17. The molecule has 1 aromatic rings. The molecule has 86 valence electrons. The first-order valence-electron chi connectivity index (χ1n) is 6.15. The Bertz CT molecular complexity index is 674. The van der Waals surface area contributed by atoms with Crippen LogP contribution in [0.25, 0.3) is 0 Å². The largest absolute Gasteiger partial charge is 0.265 e. The molecule has 0 saturated heterocycles. The quantitative estimate of drug-likeness (QED) is 0.654. The summed E-state index contributed by atoms with van der Waals surface area (Å²) in [5.74, 6) is 0. The molecule has 3 aliphatic rings. The lowest BCUT2D eigenvalue weighted by molar-refractivity contribution is 0.719. The second-order valence-corrected chi connectivity index (χ2v) is 4.85. The molecule has 1 aromatic carbocycles. The Morgan fingerprint density at radius 2 is 2.06 bits per heavy atom. The van der Waals surface area contributed by atoms with Crippen molar-refractivity contribution >= 4 is 17.6 Å². The first kappa shape index (κ1) is 9.77. The molecular formula is C16H12N2. The van der Waals surface area contributed by atoms with Gasteiger partial charge in [0.2, 0.25) is 0 Å². The van der Waals surface area contributed by atoms with Crippen LogP contribution >= 0.6 is 0 Å². The summed E-state index contributed by atoms with van der Waals surface area (Å²) in [4.78, 5) is 9.03. The van der Waals surface area contributed by atoms with E-state index < -0.39 is 0 Å². The van der Waals surface area contributed by atoms with Crippen LogP contribution in [0.3, 0.4) is 0 Å². The zero-order valence-corrected chi connectivity index (χ0v) is 9.88. The van der Waals surface area contributed by atoms with E-state index in [4.69, 9.17) is 4.99 Å². The third-order valence-corrected chi connectivity index (χ3v) is 3.84. The van der Waals surface area contributed by atoms with Crippen molar-refractivity contribution in [2.45, 2.75) is 11.8 Å². The predicted molar refractivity (Wildman–Crippen MR) is 74.7 cm³/mol. The van der Waals surface area contributed by atoms with Gasteiger partial charge < -0.3 is 0 Å². The average Bonchev–Trinajstić information content (AvgIpc) is 2.71. The van der Waals surface area contributed by atoms with Crippen molar-refractivity contribution < 1.29 is 0 Å². The fraction of sp³-hybridized carbons (Fsp3) is 0.125. The molecule has 2 bridgehead atoms. The third-order valence-electron chi connectivity index (χ3n) is 3.84. The Hall–Kier alpha value is -2.22. The standard InChI is InChI=1S/C16H12N2/c1-2-4-14-13(3-1)16-8-10-17-9-7-12(11-16)5-6-15(16)18-14/h1-10H,11H2/b10-8-,12-7-,17-9-. The Balaban J connectivity index is 2.03. The summed E-state index contributed by atoms with van der Waals surface area (Å²) in [5, 5.41) is 0. The molecule has 0 N–H and O–H groups in total. The molecule has 0 radical (unpaired) electrons. The SMILES string of the molecule is C1=C/C2=C/C=N\C=C/C3(C2)C1=Nc1ccccc13. The number of nitrogens with zero attached hydrogens (tertiary/aromatic N) is 2. The van der Waals surface area contributed by atoms with Gasteiger partial charge >= 0.3 is 0 Å². The van der Waals surface area contributed by atoms with E-state index >= 15 is 0 Å². The number of hydrogen-bond donors (Lipinski definition) is 0. The van der Waals surface area contributed by atoms with E-state index in [2.05, 4.69) is 47.5 Å². The number of benzene rings is 1. The molecule has 0 saturated carbocycles. The predicted octanol–water partition coefficient (Wildman–Crippen LogP) is 3.49. The van der Waals surface area contributed by atoms with Crippen LogP contribution in [0.2, 0.25) is 0 Å². The van der Waals surface area contributed by atoms with Crippen LogP contribution in [-0.2, 0) is 5.41 Å². The first-order valence-corrected chi connectivity index (χ1v) is 6.15. The zero-order chi connectivity index (χ0) is 12.0. The fourth-order valence-electron chi connectivity index (χ4n) is 2.96. The highest BCUT2D eigenvalue weighted by molar-refractivity contribution is 6.12. The van der Waals surface area contributed by atoms with Crippen molar-refractivity contribution in [2.75, 3.05) is 0 Å². The molecule has 18 heavy (non-hydrogen) atoms. The number of aliphatic imine (C=N–C) groups is 2. The van der Waals surface area contributed by atoms with Crippen LogP contribution in [0.5, 0.6) is 0 Å². The van der Waals surface area contributed by atoms with E-state index in [9.17, 15) is 0 Å². The van der Waals surface area contributed by atoms with Crippen LogP contribution in [0.15, 0.2) is 70.3 Å². The molecule has 2 heterocycles. The van der Waals surface area contributed by atoms with Gasteiger partial charge in [-0.1, -0.05) is 24.3 Å². The molecule has 2 aliphatic heterocycles. The summed E-state index contributed by atoms with van der Waals surface area (Å²) in [7, 11) is 0. The lowest BCUT2D eigenvalue weighted by Gasteiger charge is -2.31. The molecule has 1 aliphatic carbocycles. The Kier molecular flexibility index (Phi) is 1.84. The number of fused-ring (bicyclic) bond motifs is 2. The summed E-state index contributed by atoms with van der Waals surface area (Å²) in [6, 6.07) is 8.40. The molecule has 4 rings (SSSR count). The molecular weight excluding hydrogens is 220 g/mol. The van der Waals surface area contributed by atoms with Gasteiger partial charge in [-0.3, -0.25) is 9.98 Å². The summed E-state index contributed by atoms with van der Waals surface area (Å²) in [6.07, 6.45) is 13.3. The van der Waals surface area contributed by atoms with Crippen molar-refractivity contribution in [3.63, 3.8) is 0 Å². The first-order chi connectivity index (χ1) is 8.88. The second-order valence-electron chi connectivity index (χ2n) is 4.85. The number of rotatable bonds is 0. The highest BCUT2D eigenvalue weighted by atomic mass is 14.8. The van der Waals surface area contributed by atoms with E-state index in [1.54, 1.807) is 0 Å². The minimum atomic E-state index is -0.102. The Labute approximate surface area is 106 Å². The Morgan fingerprint density at radius 3 is 3.06 bits per heavy atom. The van der Waals surface area contributed by atoms with Crippen LogP contribution in [0, 0.1) is 0 Å². The molecule has 1 spiro atoms. The average molecular weight is 232 g/mol. The second kappa shape index (κ2) is 3.39. The summed E-state index contributed by atoms with van der Waals surface area (Å²) in [6.45, 7) is 0. The van der Waals surface area contributed by atoms with Gasteiger partial charge in [0, 0.05) is 12.4 Å². The zero-order valence-electron chi connectivity index (χ0n) is 9.88. The molecule has 1 unspecified atom stereocenters. The highest BCUT2D eigenvalue weighted by Crippen LogP contribution is 2.47. The van der Waals surface area contributed by atoms with Gasteiger partial charge in [-0.05, 0) is 41.9 Å². The van der Waals surface area contributed by atoms with Gasteiger partial charge in [0.05, 0.1) is 16.8 Å². The summed E-state index contributed by atoms with van der Waals surface area (Å²) >= 11 is 0. The minimum Gasteiger partial charge on any atom is -0.265 e. The van der Waals surface area contributed by atoms with Crippen molar-refractivity contribution in [2.24, 2.45) is 9.98 Å². The van der Waals surface area contributed by atoms with Gasteiger partial charge in [-0.25, -0.2) is 0 Å². The number of para-hydroxylation sites is 1. The van der Waals surface area contributed by atoms with E-state index in [1.165, 1.54) is 11.1 Å². The number of allylic oxidation sites excluding steroid dienone is 5. The molecule has 2 nitrogen and oxygen atoms in total. The summed E-state index contributed by atoms with van der Waals surface area (Å²) in [5.41, 5.74) is 4.72. The van der Waals surface area contributed by atoms with E-state index in [-0.39, 0.29) is 5.41 Å².